The molecule has 6 heavy (non-hydrogen) atoms. The maximum absolute atomic E-state index is 4.62. The summed E-state index contributed by atoms with van der Waals surface area (Å²) in [6, 6.07) is 0. The van der Waals surface area contributed by atoms with Crippen molar-refractivity contribution in [2.24, 2.45) is 0 Å². The first kappa shape index (κ1) is 6.19. The molecule has 1 saturated heterocycles. The van der Waals surface area contributed by atoms with Crippen LogP contribution in [0.15, 0.2) is 0 Å². The maximum atomic E-state index is 4.62. The number of hydrogen-bond acceptors (Lipinski definition) is 3. The first-order valence-electron chi connectivity index (χ1n) is 0.928. The molecule has 0 aromatic heterocycles. The van der Waals surface area contributed by atoms with Crippen molar-refractivity contribution >= 4 is 30.9 Å². The van der Waals surface area contributed by atoms with Crippen molar-refractivity contribution in [3.05, 3.63) is 0 Å². The molecule has 0 aromatic rings. The van der Waals surface area contributed by atoms with Crippen LogP contribution in [0.5, 0.6) is 0 Å². The summed E-state index contributed by atoms with van der Waals surface area (Å²) in [7, 11) is 0. The van der Waals surface area contributed by atoms with Gasteiger partial charge in [-0.2, -0.15) is 0 Å². The Hall–Kier alpha value is 2.07. The fourth-order valence-electron chi connectivity index (χ4n) is 0.0673. The molecule has 0 spiro atoms. The van der Waals surface area contributed by atoms with Crippen LogP contribution in [-0.4, -0.2) is 0 Å². The van der Waals surface area contributed by atoms with E-state index in [1.54, 1.807) is 0 Å². The summed E-state index contributed by atoms with van der Waals surface area (Å²) in [6.07, 6.45) is 0. The zero-order valence-corrected chi connectivity index (χ0v) is 8.83. The molecule has 0 saturated carbocycles. The average molecular weight is 429 g/mol. The van der Waals surface area contributed by atoms with Crippen LogP contribution in [0.25, 0.3) is 0 Å². The van der Waals surface area contributed by atoms with Crippen molar-refractivity contribution in [3.8, 4) is 0 Å². The molecule has 0 radical (unpaired) electrons. The van der Waals surface area contributed by atoms with Gasteiger partial charge in [0.05, 0.1) is 0 Å². The van der Waals surface area contributed by atoms with Crippen LogP contribution in [0.4, 0.5) is 0 Å². The van der Waals surface area contributed by atoms with Gasteiger partial charge in [-0.25, -0.2) is 0 Å². The fourth-order valence-corrected chi connectivity index (χ4v) is 5.34. The van der Waals surface area contributed by atoms with Crippen LogP contribution in [0.3, 0.4) is 0 Å². The number of halogens is 3. The molecule has 0 aliphatic carbocycles. The monoisotopic (exact) mass is 429 g/mol. The summed E-state index contributed by atoms with van der Waals surface area (Å²) in [5.74, 6) is 0. The van der Waals surface area contributed by atoms with Gasteiger partial charge in [-0.15, -0.1) is 0 Å². The Labute approximate surface area is 58.9 Å². The Morgan fingerprint density at radius 1 is 1.67 bits per heavy atom. The summed E-state index contributed by atoms with van der Waals surface area (Å²) in [6.45, 7) is 0. The molecule has 0 N–H and O–H groups in total. The first-order chi connectivity index (χ1) is 2.89. The summed E-state index contributed by atoms with van der Waals surface area (Å²) < 4.78 is 9.13. The van der Waals surface area contributed by atoms with E-state index in [-0.39, 0.29) is 17.6 Å². The van der Waals surface area contributed by atoms with Crippen LogP contribution in [0.1, 0.15) is 0 Å². The Morgan fingerprint density at radius 3 is 2.67 bits per heavy atom. The molecule has 1 fully saturated rings. The molecule has 40 valence electrons. The van der Waals surface area contributed by atoms with Gasteiger partial charge >= 0.3 is 60.0 Å². The zero-order chi connectivity index (χ0) is 4.41. The second-order valence-electron chi connectivity index (χ2n) is 0.423. The van der Waals surface area contributed by atoms with E-state index in [1.807, 2.05) is 0 Å². The third-order valence-electron chi connectivity index (χ3n) is 0.169. The Morgan fingerprint density at radius 2 is 2.50 bits per heavy atom. The molecule has 3 nitrogen and oxygen atoms in total. The minimum absolute atomic E-state index is 0.122. The molecule has 1 aliphatic heterocycles. The number of hydrogen-bond donors (Lipinski definition) is 0. The molecular formula is I3O3-. The molecule has 1 aliphatic rings. The quantitative estimate of drug-likeness (QED) is 0.350. The molecular weight excluding hydrogens is 429 g/mol. The van der Waals surface area contributed by atoms with E-state index in [9.17, 15) is 0 Å². The molecule has 1 heterocycles. The van der Waals surface area contributed by atoms with Gasteiger partial charge in [0.15, 0.2) is 0 Å². The second-order valence-corrected chi connectivity index (χ2v) is 25.1. The molecule has 0 atom stereocenters. The van der Waals surface area contributed by atoms with Gasteiger partial charge in [0, 0.05) is 0 Å². The van der Waals surface area contributed by atoms with Crippen LogP contribution in [0, 0.1) is 0 Å². The van der Waals surface area contributed by atoms with Crippen LogP contribution in [-0.2, 0) is 11.5 Å². The molecule has 6 heteroatoms. The van der Waals surface area contributed by atoms with Crippen molar-refractivity contribution in [1.29, 1.82) is 0 Å². The van der Waals surface area contributed by atoms with Gasteiger partial charge < -0.3 is 0 Å². The summed E-state index contributed by atoms with van der Waals surface area (Å²) in [4.78, 5) is 0. The van der Waals surface area contributed by atoms with Gasteiger partial charge in [-0.05, 0) is 0 Å². The molecule has 0 bridgehead atoms. The van der Waals surface area contributed by atoms with Crippen LogP contribution in [0.2, 0.25) is 0 Å². The second kappa shape index (κ2) is 3.17. The van der Waals surface area contributed by atoms with E-state index in [2.05, 4.69) is 30.1 Å². The number of rotatable bonds is 0. The minimum atomic E-state index is -1.05. The molecule has 1 rings (SSSR count). The van der Waals surface area contributed by atoms with Crippen LogP contribution >= 0.6 is 30.9 Å². The first-order valence-corrected chi connectivity index (χ1v) is 15.3. The summed E-state index contributed by atoms with van der Waals surface area (Å²) in [5.41, 5.74) is 0. The van der Waals surface area contributed by atoms with Crippen molar-refractivity contribution in [2.75, 3.05) is 0 Å². The predicted octanol–water partition coefficient (Wildman–Crippen LogP) is -1.43. The Kier molecular flexibility index (Phi) is 3.27. The molecule has 0 amide bonds. The van der Waals surface area contributed by atoms with Crippen molar-refractivity contribution in [3.63, 3.8) is 0 Å². The van der Waals surface area contributed by atoms with E-state index in [4.69, 9.17) is 0 Å². The fraction of sp³-hybridized carbons (Fsp3) is 0. The topological polar surface area (TPSA) is 27.7 Å². The van der Waals surface area contributed by atoms with E-state index < -0.39 is 12.3 Å². The Balaban J connectivity index is 2.18. The predicted molar refractivity (Wildman–Crippen MR) is 31.3 cm³/mol. The van der Waals surface area contributed by atoms with E-state index in [0.717, 1.165) is 0 Å². The van der Waals surface area contributed by atoms with Gasteiger partial charge in [0.2, 0.25) is 0 Å². The van der Waals surface area contributed by atoms with Gasteiger partial charge in [-0.1, -0.05) is 0 Å². The third-order valence-corrected chi connectivity index (χ3v) is 11.3. The average Bonchev–Trinajstić information content (AvgIpc) is 1.86. The van der Waals surface area contributed by atoms with Gasteiger partial charge in [0.1, 0.15) is 0 Å². The summed E-state index contributed by atoms with van der Waals surface area (Å²) in [5, 5.41) is 4.17. The van der Waals surface area contributed by atoms with Gasteiger partial charge in [-0.3, -0.25) is 0 Å². The Bertz CT molecular complexity index is 39.3. The van der Waals surface area contributed by atoms with E-state index >= 15 is 0 Å². The standard InChI is InChI=1S/I3O3/c1-3-2-4-6-5-3/q-1. The SMILES string of the molecule is II1OOO[I-]1. The molecule has 0 unspecified atom stereocenters. The van der Waals surface area contributed by atoms with Crippen molar-refractivity contribution < 1.29 is 29.1 Å². The van der Waals surface area contributed by atoms with E-state index in [0.29, 0.717) is 0 Å². The van der Waals surface area contributed by atoms with Gasteiger partial charge in [0.25, 0.3) is 0 Å². The zero-order valence-electron chi connectivity index (χ0n) is 2.36. The van der Waals surface area contributed by atoms with Crippen molar-refractivity contribution in [2.45, 2.75) is 0 Å². The molecule has 0 aromatic carbocycles. The normalized spacial score (nSPS) is 29.8. The third kappa shape index (κ3) is 1.90. The van der Waals surface area contributed by atoms with E-state index in [1.165, 1.54) is 0 Å². The summed E-state index contributed by atoms with van der Waals surface area (Å²) >= 11 is 1.09. The van der Waals surface area contributed by atoms with Crippen LogP contribution < -0.4 is 17.6 Å². The van der Waals surface area contributed by atoms with Crippen molar-refractivity contribution in [1.82, 2.24) is 0 Å².